The minimum Gasteiger partial charge on any atom is -0.363 e. The van der Waals surface area contributed by atoms with Gasteiger partial charge in [0.1, 0.15) is 17.5 Å². The van der Waals surface area contributed by atoms with Crippen LogP contribution in [-0.2, 0) is 13.6 Å². The van der Waals surface area contributed by atoms with Crippen LogP contribution in [0.2, 0.25) is 0 Å². The van der Waals surface area contributed by atoms with Crippen LogP contribution in [0, 0.1) is 6.92 Å². The van der Waals surface area contributed by atoms with Gasteiger partial charge >= 0.3 is 0 Å². The maximum Gasteiger partial charge on any atom is 0.152 e. The van der Waals surface area contributed by atoms with E-state index in [-0.39, 0.29) is 0 Å². The number of nitrogens with zero attached hydrogens (tertiary/aromatic N) is 6. The second-order valence-corrected chi connectivity index (χ2v) is 6.06. The van der Waals surface area contributed by atoms with E-state index in [9.17, 15) is 0 Å². The number of nitrogens with one attached hydrogen (secondary N) is 1. The standard InChI is InChI=1S/C17H19N7/c1-11-20-14(13-5-3-4-8-18-13)9-15(21-11)19-10-16-22-23-17(24(16)2)12-6-7-12/h3-5,8-9,12H,6-7,10H2,1-2H3,(H,19,20,21). The lowest BCUT2D eigenvalue weighted by Gasteiger charge is -2.08. The van der Waals surface area contributed by atoms with E-state index in [1.54, 1.807) is 6.20 Å². The van der Waals surface area contributed by atoms with Crippen LogP contribution in [0.1, 0.15) is 36.2 Å². The van der Waals surface area contributed by atoms with Gasteiger partial charge in [-0.1, -0.05) is 6.07 Å². The van der Waals surface area contributed by atoms with Crippen molar-refractivity contribution in [1.82, 2.24) is 29.7 Å². The predicted molar refractivity (Wildman–Crippen MR) is 90.3 cm³/mol. The molecule has 0 aromatic carbocycles. The van der Waals surface area contributed by atoms with Gasteiger partial charge in [-0.3, -0.25) is 4.98 Å². The molecule has 7 heteroatoms. The van der Waals surface area contributed by atoms with Crippen LogP contribution in [0.5, 0.6) is 0 Å². The third-order valence-corrected chi connectivity index (χ3v) is 4.13. The molecular weight excluding hydrogens is 302 g/mol. The van der Waals surface area contributed by atoms with Gasteiger partial charge in [-0.05, 0) is 31.9 Å². The van der Waals surface area contributed by atoms with Crippen LogP contribution in [0.3, 0.4) is 0 Å². The lowest BCUT2D eigenvalue weighted by molar-refractivity contribution is 0.756. The fourth-order valence-corrected chi connectivity index (χ4v) is 2.70. The van der Waals surface area contributed by atoms with Gasteiger partial charge in [0, 0.05) is 25.2 Å². The van der Waals surface area contributed by atoms with Crippen molar-refractivity contribution in [3.63, 3.8) is 0 Å². The molecule has 0 saturated heterocycles. The summed E-state index contributed by atoms with van der Waals surface area (Å²) in [5, 5.41) is 11.9. The summed E-state index contributed by atoms with van der Waals surface area (Å²) in [6.45, 7) is 2.46. The molecule has 0 radical (unpaired) electrons. The monoisotopic (exact) mass is 321 g/mol. The molecule has 3 heterocycles. The van der Waals surface area contributed by atoms with Crippen molar-refractivity contribution >= 4 is 5.82 Å². The third-order valence-electron chi connectivity index (χ3n) is 4.13. The summed E-state index contributed by atoms with van der Waals surface area (Å²) in [5.41, 5.74) is 1.64. The first-order valence-corrected chi connectivity index (χ1v) is 8.10. The molecule has 1 fully saturated rings. The fraction of sp³-hybridized carbons (Fsp3) is 0.353. The Hall–Kier alpha value is -2.83. The third kappa shape index (κ3) is 2.97. The Balaban J connectivity index is 1.53. The van der Waals surface area contributed by atoms with Crippen molar-refractivity contribution in [2.45, 2.75) is 32.2 Å². The Morgan fingerprint density at radius 1 is 1.17 bits per heavy atom. The van der Waals surface area contributed by atoms with Crippen molar-refractivity contribution in [3.8, 4) is 11.4 Å². The summed E-state index contributed by atoms with van der Waals surface area (Å²) in [6.07, 6.45) is 4.20. The van der Waals surface area contributed by atoms with Crippen LogP contribution in [0.25, 0.3) is 11.4 Å². The maximum atomic E-state index is 4.47. The van der Waals surface area contributed by atoms with Crippen LogP contribution in [0.4, 0.5) is 5.82 Å². The fourth-order valence-electron chi connectivity index (χ4n) is 2.70. The number of aromatic nitrogens is 6. The van der Waals surface area contributed by atoms with E-state index >= 15 is 0 Å². The van der Waals surface area contributed by atoms with Gasteiger partial charge in [-0.15, -0.1) is 10.2 Å². The van der Waals surface area contributed by atoms with Gasteiger partial charge < -0.3 is 9.88 Å². The summed E-state index contributed by atoms with van der Waals surface area (Å²) in [5.74, 6) is 4.05. The van der Waals surface area contributed by atoms with Gasteiger partial charge in [-0.25, -0.2) is 9.97 Å². The zero-order valence-corrected chi connectivity index (χ0v) is 13.8. The van der Waals surface area contributed by atoms with Gasteiger partial charge in [-0.2, -0.15) is 0 Å². The molecule has 1 aliphatic rings. The number of anilines is 1. The van der Waals surface area contributed by atoms with E-state index in [0.29, 0.717) is 18.3 Å². The molecule has 4 rings (SSSR count). The molecule has 122 valence electrons. The average Bonchev–Trinajstić information content (AvgIpc) is 3.37. The molecule has 0 amide bonds. The Labute approximate surface area is 140 Å². The van der Waals surface area contributed by atoms with Crippen LogP contribution in [-0.4, -0.2) is 29.7 Å². The molecule has 3 aromatic rings. The van der Waals surface area contributed by atoms with Crippen LogP contribution in [0.15, 0.2) is 30.5 Å². The highest BCUT2D eigenvalue weighted by molar-refractivity contribution is 5.58. The summed E-state index contributed by atoms with van der Waals surface area (Å²) < 4.78 is 2.08. The zero-order chi connectivity index (χ0) is 16.5. The molecule has 0 bridgehead atoms. The van der Waals surface area contributed by atoms with E-state index in [4.69, 9.17) is 0 Å². The molecule has 0 atom stereocenters. The molecule has 0 unspecified atom stereocenters. The summed E-state index contributed by atoms with van der Waals surface area (Å²) in [7, 11) is 2.02. The topological polar surface area (TPSA) is 81.4 Å². The Morgan fingerprint density at radius 3 is 2.79 bits per heavy atom. The molecule has 7 nitrogen and oxygen atoms in total. The van der Waals surface area contributed by atoms with Crippen molar-refractivity contribution in [2.24, 2.45) is 7.05 Å². The normalized spacial score (nSPS) is 13.9. The van der Waals surface area contributed by atoms with Crippen LogP contribution < -0.4 is 5.32 Å². The van der Waals surface area contributed by atoms with Crippen molar-refractivity contribution in [3.05, 3.63) is 47.9 Å². The molecule has 24 heavy (non-hydrogen) atoms. The minimum atomic E-state index is 0.578. The Bertz CT molecular complexity index is 853. The SMILES string of the molecule is Cc1nc(NCc2nnc(C3CC3)n2C)cc(-c2ccccn2)n1. The lowest BCUT2D eigenvalue weighted by atomic mass is 10.2. The number of pyridine rings is 1. The molecule has 1 aliphatic carbocycles. The Kier molecular flexibility index (Phi) is 3.68. The van der Waals surface area contributed by atoms with E-state index < -0.39 is 0 Å². The van der Waals surface area contributed by atoms with Crippen molar-refractivity contribution < 1.29 is 0 Å². The molecule has 3 aromatic heterocycles. The highest BCUT2D eigenvalue weighted by atomic mass is 15.3. The number of rotatable bonds is 5. The smallest absolute Gasteiger partial charge is 0.152 e. The Morgan fingerprint density at radius 2 is 2.04 bits per heavy atom. The maximum absolute atomic E-state index is 4.47. The number of aryl methyl sites for hydroxylation is 1. The van der Waals surface area contributed by atoms with E-state index in [1.807, 2.05) is 38.2 Å². The van der Waals surface area contributed by atoms with Gasteiger partial charge in [0.25, 0.3) is 0 Å². The largest absolute Gasteiger partial charge is 0.363 e. The average molecular weight is 321 g/mol. The molecular formula is C17H19N7. The first-order chi connectivity index (χ1) is 11.7. The van der Waals surface area contributed by atoms with E-state index in [2.05, 4.69) is 35.0 Å². The van der Waals surface area contributed by atoms with Gasteiger partial charge in [0.15, 0.2) is 5.82 Å². The first-order valence-electron chi connectivity index (χ1n) is 8.10. The summed E-state index contributed by atoms with van der Waals surface area (Å²) in [6, 6.07) is 7.69. The second kappa shape index (κ2) is 5.99. The van der Waals surface area contributed by atoms with Crippen LogP contribution >= 0.6 is 0 Å². The summed E-state index contributed by atoms with van der Waals surface area (Å²) in [4.78, 5) is 13.3. The van der Waals surface area contributed by atoms with Crippen molar-refractivity contribution in [2.75, 3.05) is 5.32 Å². The lowest BCUT2D eigenvalue weighted by Crippen LogP contribution is -2.09. The molecule has 1 N–H and O–H groups in total. The van der Waals surface area contributed by atoms with E-state index in [0.717, 1.165) is 28.9 Å². The molecule has 0 aliphatic heterocycles. The van der Waals surface area contributed by atoms with Crippen molar-refractivity contribution in [1.29, 1.82) is 0 Å². The second-order valence-electron chi connectivity index (χ2n) is 6.06. The zero-order valence-electron chi connectivity index (χ0n) is 13.8. The van der Waals surface area contributed by atoms with Gasteiger partial charge in [0.05, 0.1) is 17.9 Å². The molecule has 1 saturated carbocycles. The number of hydrogen-bond donors (Lipinski definition) is 1. The predicted octanol–water partition coefficient (Wildman–Crippen LogP) is 2.47. The summed E-state index contributed by atoms with van der Waals surface area (Å²) >= 11 is 0. The van der Waals surface area contributed by atoms with E-state index in [1.165, 1.54) is 12.8 Å². The highest BCUT2D eigenvalue weighted by Gasteiger charge is 2.29. The van der Waals surface area contributed by atoms with Gasteiger partial charge in [0.2, 0.25) is 0 Å². The molecule has 0 spiro atoms. The number of hydrogen-bond acceptors (Lipinski definition) is 6. The minimum absolute atomic E-state index is 0.578. The quantitative estimate of drug-likeness (QED) is 0.777. The first kappa shape index (κ1) is 14.7. The highest BCUT2D eigenvalue weighted by Crippen LogP contribution is 2.38.